The monoisotopic (exact) mass is 458 g/mol. The van der Waals surface area contributed by atoms with Crippen LogP contribution in [0.15, 0.2) is 83.8 Å². The number of sulfonamides is 1. The molecule has 0 fully saturated rings. The lowest BCUT2D eigenvalue weighted by atomic mass is 10.1. The zero-order valence-electron chi connectivity index (χ0n) is 16.9. The molecule has 31 heavy (non-hydrogen) atoms. The van der Waals surface area contributed by atoms with E-state index in [0.717, 1.165) is 5.56 Å². The van der Waals surface area contributed by atoms with Crippen molar-refractivity contribution >= 4 is 33.2 Å². The van der Waals surface area contributed by atoms with Crippen molar-refractivity contribution in [3.63, 3.8) is 0 Å². The van der Waals surface area contributed by atoms with Crippen LogP contribution in [0.25, 0.3) is 0 Å². The van der Waals surface area contributed by atoms with Crippen LogP contribution in [-0.2, 0) is 21.2 Å². The van der Waals surface area contributed by atoms with E-state index in [-0.39, 0.29) is 16.3 Å². The van der Waals surface area contributed by atoms with Crippen molar-refractivity contribution in [2.45, 2.75) is 24.3 Å². The fraction of sp³-hybridized carbons (Fsp3) is 0.174. The van der Waals surface area contributed by atoms with Crippen molar-refractivity contribution in [2.75, 3.05) is 11.9 Å². The molecule has 162 valence electrons. The fourth-order valence-electron chi connectivity index (χ4n) is 2.97. The summed E-state index contributed by atoms with van der Waals surface area (Å²) >= 11 is 6.15. The molecule has 0 bridgehead atoms. The molecule has 0 saturated heterocycles. The van der Waals surface area contributed by atoms with Crippen molar-refractivity contribution < 1.29 is 17.9 Å². The summed E-state index contributed by atoms with van der Waals surface area (Å²) in [5.41, 5.74) is 1.40. The Morgan fingerprint density at radius 2 is 1.65 bits per heavy atom. The number of halogens is 1. The second kappa shape index (κ2) is 10.4. The molecular weight excluding hydrogens is 436 g/mol. The standard InChI is InChI=1S/C23H23ClN2O4S/c1-2-30-22-14-13-19(16-20(22)24)31(28,29)26-21(15-17-9-5-3-6-10-17)23(27)25-18-11-7-4-8-12-18/h3-14,16,21,26H,2,15H2,1H3,(H,25,27)/t21-/m0/s1. The number of ether oxygens (including phenoxy) is 1. The molecule has 3 rings (SSSR count). The summed E-state index contributed by atoms with van der Waals surface area (Å²) in [7, 11) is -4.02. The molecule has 0 aliphatic carbocycles. The lowest BCUT2D eigenvalue weighted by Gasteiger charge is -2.19. The van der Waals surface area contributed by atoms with Crippen molar-refractivity contribution in [1.82, 2.24) is 4.72 Å². The van der Waals surface area contributed by atoms with Gasteiger partial charge in [-0.05, 0) is 49.2 Å². The Morgan fingerprint density at radius 1 is 1.00 bits per heavy atom. The highest BCUT2D eigenvalue weighted by atomic mass is 35.5. The van der Waals surface area contributed by atoms with Gasteiger partial charge in [0.1, 0.15) is 11.8 Å². The van der Waals surface area contributed by atoms with E-state index in [1.54, 1.807) is 24.3 Å². The van der Waals surface area contributed by atoms with Crippen LogP contribution >= 0.6 is 11.6 Å². The number of amides is 1. The van der Waals surface area contributed by atoms with Gasteiger partial charge < -0.3 is 10.1 Å². The minimum absolute atomic E-state index is 0.0495. The van der Waals surface area contributed by atoms with Gasteiger partial charge in [0.25, 0.3) is 0 Å². The number of para-hydroxylation sites is 1. The highest BCUT2D eigenvalue weighted by Crippen LogP contribution is 2.27. The van der Waals surface area contributed by atoms with E-state index in [1.165, 1.54) is 18.2 Å². The van der Waals surface area contributed by atoms with Crippen molar-refractivity contribution in [3.8, 4) is 5.75 Å². The number of carbonyl (C=O) groups is 1. The van der Waals surface area contributed by atoms with Gasteiger partial charge in [-0.15, -0.1) is 0 Å². The summed E-state index contributed by atoms with van der Waals surface area (Å²) in [4.78, 5) is 12.9. The van der Waals surface area contributed by atoms with Crippen LogP contribution < -0.4 is 14.8 Å². The average molecular weight is 459 g/mol. The topological polar surface area (TPSA) is 84.5 Å². The van der Waals surface area contributed by atoms with Crippen LogP contribution in [0.1, 0.15) is 12.5 Å². The molecule has 0 aliphatic heterocycles. The summed E-state index contributed by atoms with van der Waals surface area (Å²) in [6, 6.07) is 21.2. The highest BCUT2D eigenvalue weighted by molar-refractivity contribution is 7.89. The van der Waals surface area contributed by atoms with Crippen molar-refractivity contribution in [2.24, 2.45) is 0 Å². The summed E-state index contributed by atoms with van der Waals surface area (Å²) < 4.78 is 33.9. The minimum atomic E-state index is -4.02. The quantitative estimate of drug-likeness (QED) is 0.501. The number of anilines is 1. The van der Waals surface area contributed by atoms with Gasteiger partial charge >= 0.3 is 0 Å². The molecular formula is C23H23ClN2O4S. The molecule has 3 aromatic carbocycles. The zero-order valence-corrected chi connectivity index (χ0v) is 18.5. The van der Waals surface area contributed by atoms with Crippen LogP contribution in [0.3, 0.4) is 0 Å². The summed E-state index contributed by atoms with van der Waals surface area (Å²) in [5, 5.41) is 2.94. The van der Waals surface area contributed by atoms with E-state index in [9.17, 15) is 13.2 Å². The normalized spacial score (nSPS) is 12.2. The van der Waals surface area contributed by atoms with Gasteiger partial charge in [-0.1, -0.05) is 60.1 Å². The van der Waals surface area contributed by atoms with E-state index in [4.69, 9.17) is 16.3 Å². The van der Waals surface area contributed by atoms with Crippen LogP contribution in [0.5, 0.6) is 5.75 Å². The number of rotatable bonds is 9. The van der Waals surface area contributed by atoms with Crippen LogP contribution in [0, 0.1) is 0 Å². The van der Waals surface area contributed by atoms with Gasteiger partial charge in [0.15, 0.2) is 0 Å². The Hall–Kier alpha value is -2.87. The van der Waals surface area contributed by atoms with Crippen LogP contribution in [0.2, 0.25) is 5.02 Å². The molecule has 0 aromatic heterocycles. The molecule has 6 nitrogen and oxygen atoms in total. The molecule has 1 atom stereocenters. The van der Waals surface area contributed by atoms with E-state index in [1.807, 2.05) is 43.3 Å². The highest BCUT2D eigenvalue weighted by Gasteiger charge is 2.27. The maximum Gasteiger partial charge on any atom is 0.242 e. The first-order valence-electron chi connectivity index (χ1n) is 9.73. The molecule has 0 unspecified atom stereocenters. The van der Waals surface area contributed by atoms with E-state index in [2.05, 4.69) is 10.0 Å². The Labute approximate surface area is 187 Å². The average Bonchev–Trinajstić information content (AvgIpc) is 2.76. The van der Waals surface area contributed by atoms with Crippen LogP contribution in [0.4, 0.5) is 5.69 Å². The summed E-state index contributed by atoms with van der Waals surface area (Å²) in [5.74, 6) is -0.0681. The number of hydrogen-bond acceptors (Lipinski definition) is 4. The number of nitrogens with one attached hydrogen (secondary N) is 2. The smallest absolute Gasteiger partial charge is 0.242 e. The molecule has 1 amide bonds. The van der Waals surface area contributed by atoms with Gasteiger partial charge in [-0.25, -0.2) is 8.42 Å². The van der Waals surface area contributed by atoms with E-state index < -0.39 is 22.0 Å². The van der Waals surface area contributed by atoms with Gasteiger partial charge in [0.2, 0.25) is 15.9 Å². The Morgan fingerprint density at radius 3 is 2.26 bits per heavy atom. The van der Waals surface area contributed by atoms with Gasteiger partial charge in [-0.3, -0.25) is 4.79 Å². The Kier molecular flexibility index (Phi) is 7.68. The van der Waals surface area contributed by atoms with E-state index in [0.29, 0.717) is 18.0 Å². The fourth-order valence-corrected chi connectivity index (χ4v) is 4.49. The largest absolute Gasteiger partial charge is 0.492 e. The van der Waals surface area contributed by atoms with Gasteiger partial charge in [0.05, 0.1) is 16.5 Å². The second-order valence-electron chi connectivity index (χ2n) is 6.74. The molecule has 0 radical (unpaired) electrons. The lowest BCUT2D eigenvalue weighted by molar-refractivity contribution is -0.117. The molecule has 8 heteroatoms. The van der Waals surface area contributed by atoms with E-state index >= 15 is 0 Å². The zero-order chi connectivity index (χ0) is 22.3. The Bertz CT molecular complexity index is 1120. The minimum Gasteiger partial charge on any atom is -0.492 e. The lowest BCUT2D eigenvalue weighted by Crippen LogP contribution is -2.45. The molecule has 3 aromatic rings. The molecule has 0 aliphatic rings. The third-order valence-electron chi connectivity index (χ3n) is 4.45. The van der Waals surface area contributed by atoms with Crippen molar-refractivity contribution in [3.05, 3.63) is 89.4 Å². The molecule has 0 saturated carbocycles. The summed E-state index contributed by atoms with van der Waals surface area (Å²) in [6.07, 6.45) is 0.184. The first-order chi connectivity index (χ1) is 14.9. The number of hydrogen-bond donors (Lipinski definition) is 2. The second-order valence-corrected chi connectivity index (χ2v) is 8.87. The first-order valence-corrected chi connectivity index (χ1v) is 11.6. The number of carbonyl (C=O) groups excluding carboxylic acids is 1. The first kappa shape index (κ1) is 22.8. The van der Waals surface area contributed by atoms with Gasteiger partial charge in [-0.2, -0.15) is 4.72 Å². The third kappa shape index (κ3) is 6.30. The predicted molar refractivity (Wildman–Crippen MR) is 122 cm³/mol. The summed E-state index contributed by atoms with van der Waals surface area (Å²) in [6.45, 7) is 2.21. The van der Waals surface area contributed by atoms with Crippen molar-refractivity contribution in [1.29, 1.82) is 0 Å². The molecule has 2 N–H and O–H groups in total. The number of benzene rings is 3. The maximum atomic E-state index is 13.0. The SMILES string of the molecule is CCOc1ccc(S(=O)(=O)N[C@@H](Cc2ccccc2)C(=O)Nc2ccccc2)cc1Cl. The molecule has 0 spiro atoms. The maximum absolute atomic E-state index is 13.0. The van der Waals surface area contributed by atoms with Gasteiger partial charge in [0, 0.05) is 5.69 Å². The molecule has 0 heterocycles. The third-order valence-corrected chi connectivity index (χ3v) is 6.22. The Balaban J connectivity index is 1.86. The predicted octanol–water partition coefficient (Wildman–Crippen LogP) is 4.27. The van der Waals surface area contributed by atoms with Crippen LogP contribution in [-0.4, -0.2) is 27.0 Å².